The van der Waals surface area contributed by atoms with E-state index in [2.05, 4.69) is 16.0 Å². The van der Waals surface area contributed by atoms with E-state index in [-0.39, 0.29) is 17.5 Å². The van der Waals surface area contributed by atoms with E-state index in [1.807, 2.05) is 0 Å². The van der Waals surface area contributed by atoms with Crippen LogP contribution in [0.2, 0.25) is 0 Å². The number of carbonyl (C=O) groups excluding carboxylic acids is 2. The Labute approximate surface area is 137 Å². The van der Waals surface area contributed by atoms with Gasteiger partial charge in [-0.25, -0.2) is 8.78 Å². The Morgan fingerprint density at radius 1 is 1.04 bits per heavy atom. The molecular weight excluding hydrogens is 316 g/mol. The number of hydrogen-bond acceptors (Lipinski definition) is 3. The lowest BCUT2D eigenvalue weighted by Crippen LogP contribution is -2.37. The van der Waals surface area contributed by atoms with Gasteiger partial charge in [-0.05, 0) is 30.7 Å². The molecule has 24 heavy (non-hydrogen) atoms. The van der Waals surface area contributed by atoms with Crippen molar-refractivity contribution in [3.05, 3.63) is 54.1 Å². The van der Waals surface area contributed by atoms with Gasteiger partial charge in [-0.3, -0.25) is 9.59 Å². The van der Waals surface area contributed by atoms with Crippen molar-refractivity contribution < 1.29 is 18.4 Å². The number of carbonyl (C=O) groups is 2. The van der Waals surface area contributed by atoms with Gasteiger partial charge in [-0.1, -0.05) is 18.2 Å². The number of anilines is 3. The van der Waals surface area contributed by atoms with Crippen LogP contribution in [0, 0.1) is 11.6 Å². The fraction of sp³-hybridized carbons (Fsp3) is 0.176. The zero-order chi connectivity index (χ0) is 17.1. The summed E-state index contributed by atoms with van der Waals surface area (Å²) in [5, 5.41) is 7.90. The molecule has 1 saturated heterocycles. The Hall–Kier alpha value is -2.96. The standard InChI is InChI=1S/C17H15F2N3O2/c18-10-4-3-5-11(19)16(10)21-12-6-1-2-7-13(12)22-17(24)14-8-9-15(23)20-14/h1-7,14,21H,8-9H2,(H,20,23)(H,22,24)/t14-/m1/s1. The van der Waals surface area contributed by atoms with Crippen LogP contribution in [0.1, 0.15) is 12.8 Å². The molecule has 1 aliphatic rings. The highest BCUT2D eigenvalue weighted by Gasteiger charge is 2.27. The Bertz CT molecular complexity index is 775. The summed E-state index contributed by atoms with van der Waals surface area (Å²) in [5.74, 6) is -2.02. The van der Waals surface area contributed by atoms with E-state index in [9.17, 15) is 18.4 Å². The van der Waals surface area contributed by atoms with Crippen molar-refractivity contribution in [2.24, 2.45) is 0 Å². The van der Waals surface area contributed by atoms with Crippen LogP contribution in [-0.2, 0) is 9.59 Å². The Kier molecular flexibility index (Phi) is 4.41. The first-order valence-corrected chi connectivity index (χ1v) is 7.45. The number of hydrogen-bond donors (Lipinski definition) is 3. The van der Waals surface area contributed by atoms with Crippen molar-refractivity contribution in [2.75, 3.05) is 10.6 Å². The monoisotopic (exact) mass is 331 g/mol. The van der Waals surface area contributed by atoms with E-state index >= 15 is 0 Å². The fourth-order valence-corrected chi connectivity index (χ4v) is 2.48. The minimum absolute atomic E-state index is 0.171. The second-order valence-electron chi connectivity index (χ2n) is 5.42. The summed E-state index contributed by atoms with van der Waals surface area (Å²) in [7, 11) is 0. The Morgan fingerprint density at radius 2 is 1.71 bits per heavy atom. The third-order valence-corrected chi connectivity index (χ3v) is 3.72. The minimum Gasteiger partial charge on any atom is -0.349 e. The smallest absolute Gasteiger partial charge is 0.247 e. The lowest BCUT2D eigenvalue weighted by atomic mass is 10.2. The average Bonchev–Trinajstić information content (AvgIpc) is 2.99. The number of rotatable bonds is 4. The van der Waals surface area contributed by atoms with E-state index in [1.165, 1.54) is 6.07 Å². The first-order valence-electron chi connectivity index (χ1n) is 7.45. The maximum Gasteiger partial charge on any atom is 0.247 e. The number of benzene rings is 2. The summed E-state index contributed by atoms with van der Waals surface area (Å²) in [6.45, 7) is 0. The van der Waals surface area contributed by atoms with Gasteiger partial charge in [0.15, 0.2) is 0 Å². The van der Waals surface area contributed by atoms with Crippen LogP contribution in [0.3, 0.4) is 0 Å². The molecule has 5 nitrogen and oxygen atoms in total. The van der Waals surface area contributed by atoms with Gasteiger partial charge in [0, 0.05) is 6.42 Å². The van der Waals surface area contributed by atoms with Crippen LogP contribution < -0.4 is 16.0 Å². The molecule has 2 aromatic rings. The largest absolute Gasteiger partial charge is 0.349 e. The van der Waals surface area contributed by atoms with Crippen LogP contribution >= 0.6 is 0 Å². The number of para-hydroxylation sites is 3. The molecule has 2 aromatic carbocycles. The third kappa shape index (κ3) is 3.34. The number of nitrogens with one attached hydrogen (secondary N) is 3. The van der Waals surface area contributed by atoms with E-state index in [0.717, 1.165) is 12.1 Å². The molecule has 0 radical (unpaired) electrons. The first-order chi connectivity index (χ1) is 11.5. The second-order valence-corrected chi connectivity index (χ2v) is 5.42. The molecule has 1 aliphatic heterocycles. The lowest BCUT2D eigenvalue weighted by Gasteiger charge is -2.16. The lowest BCUT2D eigenvalue weighted by molar-refractivity contribution is -0.122. The van der Waals surface area contributed by atoms with Crippen molar-refractivity contribution in [3.8, 4) is 0 Å². The molecule has 124 valence electrons. The van der Waals surface area contributed by atoms with Crippen molar-refractivity contribution in [2.45, 2.75) is 18.9 Å². The van der Waals surface area contributed by atoms with Crippen LogP contribution in [0.4, 0.5) is 25.8 Å². The highest BCUT2D eigenvalue weighted by atomic mass is 19.1. The summed E-state index contributed by atoms with van der Waals surface area (Å²) >= 11 is 0. The van der Waals surface area contributed by atoms with Gasteiger partial charge in [0.1, 0.15) is 23.4 Å². The maximum absolute atomic E-state index is 13.8. The van der Waals surface area contributed by atoms with Crippen LogP contribution in [0.5, 0.6) is 0 Å². The Morgan fingerprint density at radius 3 is 2.33 bits per heavy atom. The molecule has 0 bridgehead atoms. The average molecular weight is 331 g/mol. The summed E-state index contributed by atoms with van der Waals surface area (Å²) in [4.78, 5) is 23.4. The molecule has 1 atom stereocenters. The molecule has 1 fully saturated rings. The fourth-order valence-electron chi connectivity index (χ4n) is 2.48. The third-order valence-electron chi connectivity index (χ3n) is 3.72. The van der Waals surface area contributed by atoms with Gasteiger partial charge >= 0.3 is 0 Å². The van der Waals surface area contributed by atoms with Crippen molar-refractivity contribution >= 4 is 28.9 Å². The van der Waals surface area contributed by atoms with Gasteiger partial charge in [-0.2, -0.15) is 0 Å². The summed E-state index contributed by atoms with van der Waals surface area (Å²) in [5.41, 5.74) is 0.416. The number of halogens is 2. The van der Waals surface area contributed by atoms with Gasteiger partial charge < -0.3 is 16.0 Å². The van der Waals surface area contributed by atoms with Gasteiger partial charge in [0.2, 0.25) is 11.8 Å². The molecule has 7 heteroatoms. The maximum atomic E-state index is 13.8. The molecule has 0 aliphatic carbocycles. The van der Waals surface area contributed by atoms with E-state index < -0.39 is 17.7 Å². The van der Waals surface area contributed by atoms with Gasteiger partial charge in [0.05, 0.1) is 11.4 Å². The zero-order valence-corrected chi connectivity index (χ0v) is 12.6. The molecule has 0 saturated carbocycles. The SMILES string of the molecule is O=C1CC[C@H](C(=O)Nc2ccccc2Nc2c(F)cccc2F)N1. The van der Waals surface area contributed by atoms with E-state index in [1.54, 1.807) is 24.3 Å². The van der Waals surface area contributed by atoms with Gasteiger partial charge in [-0.15, -0.1) is 0 Å². The Balaban J connectivity index is 1.81. The van der Waals surface area contributed by atoms with E-state index in [4.69, 9.17) is 0 Å². The van der Waals surface area contributed by atoms with Crippen LogP contribution in [0.15, 0.2) is 42.5 Å². The molecule has 3 N–H and O–H groups in total. The molecular formula is C17H15F2N3O2. The first kappa shape index (κ1) is 15.9. The molecule has 0 aromatic heterocycles. The summed E-state index contributed by atoms with van der Waals surface area (Å²) in [6.07, 6.45) is 0.723. The van der Waals surface area contributed by atoms with Crippen LogP contribution in [0.25, 0.3) is 0 Å². The topological polar surface area (TPSA) is 70.2 Å². The molecule has 1 heterocycles. The second kappa shape index (κ2) is 6.66. The summed E-state index contributed by atoms with van der Waals surface area (Å²) in [6, 6.07) is 9.51. The van der Waals surface area contributed by atoms with E-state index in [0.29, 0.717) is 24.2 Å². The van der Waals surface area contributed by atoms with Crippen molar-refractivity contribution in [1.29, 1.82) is 0 Å². The molecule has 0 unspecified atom stereocenters. The zero-order valence-electron chi connectivity index (χ0n) is 12.6. The predicted octanol–water partition coefficient (Wildman–Crippen LogP) is 2.93. The predicted molar refractivity (Wildman–Crippen MR) is 85.9 cm³/mol. The normalized spacial score (nSPS) is 16.6. The number of amides is 2. The molecule has 3 rings (SSSR count). The van der Waals surface area contributed by atoms with Crippen molar-refractivity contribution in [3.63, 3.8) is 0 Å². The van der Waals surface area contributed by atoms with Gasteiger partial charge in [0.25, 0.3) is 0 Å². The quantitative estimate of drug-likeness (QED) is 0.807. The molecule has 0 spiro atoms. The minimum atomic E-state index is -0.737. The molecule has 2 amide bonds. The highest BCUT2D eigenvalue weighted by molar-refractivity contribution is 6.01. The van der Waals surface area contributed by atoms with Crippen LogP contribution in [-0.4, -0.2) is 17.9 Å². The highest BCUT2D eigenvalue weighted by Crippen LogP contribution is 2.28. The van der Waals surface area contributed by atoms with Crippen molar-refractivity contribution in [1.82, 2.24) is 5.32 Å². The summed E-state index contributed by atoms with van der Waals surface area (Å²) < 4.78 is 27.6.